The number of rotatable bonds is 18. The molecule has 0 radical (unpaired) electrons. The van der Waals surface area contributed by atoms with Crippen LogP contribution >= 0.6 is 0 Å². The molecule has 0 atom stereocenters. The molecule has 1 aromatic heterocycles. The summed E-state index contributed by atoms with van der Waals surface area (Å²) in [7, 11) is 0. The Morgan fingerprint density at radius 2 is 1.20 bits per heavy atom. The smallest absolute Gasteiger partial charge is 0.336 e. The van der Waals surface area contributed by atoms with E-state index in [1.165, 1.54) is 109 Å². The predicted molar refractivity (Wildman–Crippen MR) is 131 cm³/mol. The summed E-state index contributed by atoms with van der Waals surface area (Å²) in [6.07, 6.45) is 22.4. The summed E-state index contributed by atoms with van der Waals surface area (Å²) in [5, 5.41) is 4.45. The highest BCUT2D eigenvalue weighted by Crippen LogP contribution is 2.18. The summed E-state index contributed by atoms with van der Waals surface area (Å²) in [6, 6.07) is 9.19. The Kier molecular flexibility index (Phi) is 13.1. The molecule has 2 aromatic rings. The maximum absolute atomic E-state index is 11.2. The van der Waals surface area contributed by atoms with Gasteiger partial charge in [0, 0.05) is 23.7 Å². The van der Waals surface area contributed by atoms with Crippen molar-refractivity contribution in [1.82, 2.24) is 0 Å². The third-order valence-corrected chi connectivity index (χ3v) is 5.98. The van der Waals surface area contributed by atoms with Crippen molar-refractivity contribution >= 4 is 16.7 Å². The Balaban J connectivity index is 1.36. The lowest BCUT2D eigenvalue weighted by atomic mass is 10.0. The number of fused-ring (bicyclic) bond motifs is 1. The van der Waals surface area contributed by atoms with Gasteiger partial charge in [0.25, 0.3) is 0 Å². The number of unbranched alkanes of at least 4 members (excludes halogenated alkanes) is 15. The Bertz CT molecular complexity index is 737. The van der Waals surface area contributed by atoms with Gasteiger partial charge in [-0.2, -0.15) is 0 Å². The molecule has 0 spiro atoms. The lowest BCUT2D eigenvalue weighted by Gasteiger charge is -2.07. The molecule has 0 aliphatic rings. The van der Waals surface area contributed by atoms with Crippen LogP contribution in [0.4, 0.5) is 5.69 Å². The first kappa shape index (κ1) is 24.5. The van der Waals surface area contributed by atoms with Gasteiger partial charge in [0.2, 0.25) is 0 Å². The fraction of sp³-hybridized carbons (Fsp3) is 0.667. The van der Waals surface area contributed by atoms with Crippen molar-refractivity contribution in [2.24, 2.45) is 0 Å². The number of nitrogens with one attached hydrogen (secondary N) is 1. The fourth-order valence-corrected chi connectivity index (χ4v) is 4.09. The minimum absolute atomic E-state index is 0.295. The van der Waals surface area contributed by atoms with Crippen LogP contribution in [-0.4, -0.2) is 6.54 Å². The molecule has 1 aromatic carbocycles. The molecule has 0 aliphatic carbocycles. The van der Waals surface area contributed by atoms with Crippen molar-refractivity contribution in [3.63, 3.8) is 0 Å². The predicted octanol–water partition coefficient (Wildman–Crippen LogP) is 8.47. The molecule has 3 heteroatoms. The van der Waals surface area contributed by atoms with Crippen LogP contribution in [0.3, 0.4) is 0 Å². The van der Waals surface area contributed by atoms with E-state index in [-0.39, 0.29) is 5.63 Å². The third kappa shape index (κ3) is 10.8. The number of anilines is 1. The van der Waals surface area contributed by atoms with Crippen molar-refractivity contribution in [2.45, 2.75) is 110 Å². The van der Waals surface area contributed by atoms with Crippen molar-refractivity contribution in [2.75, 3.05) is 11.9 Å². The van der Waals surface area contributed by atoms with Gasteiger partial charge in [-0.05, 0) is 30.7 Å². The maximum Gasteiger partial charge on any atom is 0.336 e. The van der Waals surface area contributed by atoms with Crippen LogP contribution in [0.15, 0.2) is 39.5 Å². The Labute approximate surface area is 183 Å². The standard InChI is InChI=1S/C27H43NO2/c1-2-3-4-5-6-7-8-9-10-11-12-13-14-15-16-17-22-28-25-19-20-26-24(23-25)18-21-27(29)30-26/h18-21,23,28H,2-17,22H2,1H3. The topological polar surface area (TPSA) is 42.2 Å². The van der Waals surface area contributed by atoms with Crippen molar-refractivity contribution < 1.29 is 4.42 Å². The molecule has 3 nitrogen and oxygen atoms in total. The van der Waals surface area contributed by atoms with E-state index in [1.807, 2.05) is 24.3 Å². The third-order valence-electron chi connectivity index (χ3n) is 5.98. The lowest BCUT2D eigenvalue weighted by Crippen LogP contribution is -2.01. The summed E-state index contributed by atoms with van der Waals surface area (Å²) in [4.78, 5) is 11.2. The minimum atomic E-state index is -0.295. The zero-order valence-corrected chi connectivity index (χ0v) is 19.2. The van der Waals surface area contributed by atoms with E-state index in [1.54, 1.807) is 0 Å². The Hall–Kier alpha value is -1.77. The molecule has 0 saturated carbocycles. The summed E-state index contributed by atoms with van der Waals surface area (Å²) in [5.41, 5.74) is 1.45. The van der Waals surface area contributed by atoms with Gasteiger partial charge in [-0.25, -0.2) is 4.79 Å². The van der Waals surface area contributed by atoms with Gasteiger partial charge in [0.1, 0.15) is 5.58 Å². The van der Waals surface area contributed by atoms with Gasteiger partial charge in [-0.15, -0.1) is 0 Å². The average Bonchev–Trinajstić information content (AvgIpc) is 2.76. The minimum Gasteiger partial charge on any atom is -0.423 e. The molecular weight excluding hydrogens is 370 g/mol. The van der Waals surface area contributed by atoms with Crippen molar-refractivity contribution in [3.8, 4) is 0 Å². The van der Waals surface area contributed by atoms with E-state index >= 15 is 0 Å². The van der Waals surface area contributed by atoms with E-state index in [9.17, 15) is 4.79 Å². The zero-order chi connectivity index (χ0) is 21.3. The van der Waals surface area contributed by atoms with Gasteiger partial charge in [-0.3, -0.25) is 0 Å². The van der Waals surface area contributed by atoms with Crippen LogP contribution in [0.5, 0.6) is 0 Å². The van der Waals surface area contributed by atoms with Crippen LogP contribution in [0.1, 0.15) is 110 Å². The highest BCUT2D eigenvalue weighted by atomic mass is 16.4. The Morgan fingerprint density at radius 3 is 1.77 bits per heavy atom. The number of hydrogen-bond acceptors (Lipinski definition) is 3. The van der Waals surface area contributed by atoms with E-state index < -0.39 is 0 Å². The van der Waals surface area contributed by atoms with Gasteiger partial charge < -0.3 is 9.73 Å². The molecule has 0 unspecified atom stereocenters. The quantitative estimate of drug-likeness (QED) is 0.197. The second kappa shape index (κ2) is 16.0. The van der Waals surface area contributed by atoms with E-state index in [4.69, 9.17) is 4.42 Å². The van der Waals surface area contributed by atoms with Gasteiger partial charge in [0.05, 0.1) is 0 Å². The molecule has 168 valence electrons. The zero-order valence-electron chi connectivity index (χ0n) is 19.2. The molecule has 2 rings (SSSR count). The second-order valence-corrected chi connectivity index (χ2v) is 8.74. The summed E-state index contributed by atoms with van der Waals surface area (Å²) in [5.74, 6) is 0. The largest absolute Gasteiger partial charge is 0.423 e. The van der Waals surface area contributed by atoms with Crippen LogP contribution in [0, 0.1) is 0 Å². The molecule has 0 fully saturated rings. The molecule has 30 heavy (non-hydrogen) atoms. The van der Waals surface area contributed by atoms with Crippen molar-refractivity contribution in [1.29, 1.82) is 0 Å². The molecule has 1 N–H and O–H groups in total. The van der Waals surface area contributed by atoms with Crippen LogP contribution in [-0.2, 0) is 0 Å². The first-order valence-electron chi connectivity index (χ1n) is 12.6. The second-order valence-electron chi connectivity index (χ2n) is 8.74. The molecular formula is C27H43NO2. The monoisotopic (exact) mass is 413 g/mol. The van der Waals surface area contributed by atoms with E-state index in [0.29, 0.717) is 5.58 Å². The van der Waals surface area contributed by atoms with Crippen LogP contribution in [0.2, 0.25) is 0 Å². The first-order valence-corrected chi connectivity index (χ1v) is 12.6. The van der Waals surface area contributed by atoms with Crippen molar-refractivity contribution in [3.05, 3.63) is 40.8 Å². The number of benzene rings is 1. The normalized spacial score (nSPS) is 11.2. The fourth-order valence-electron chi connectivity index (χ4n) is 4.09. The van der Waals surface area contributed by atoms with E-state index in [0.717, 1.165) is 17.6 Å². The van der Waals surface area contributed by atoms with Crippen LogP contribution in [0.25, 0.3) is 11.0 Å². The van der Waals surface area contributed by atoms with Crippen LogP contribution < -0.4 is 10.9 Å². The van der Waals surface area contributed by atoms with Gasteiger partial charge in [-0.1, -0.05) is 103 Å². The maximum atomic E-state index is 11.2. The average molecular weight is 414 g/mol. The molecule has 1 heterocycles. The molecule has 0 aliphatic heterocycles. The van der Waals surface area contributed by atoms with Gasteiger partial charge in [0.15, 0.2) is 0 Å². The highest BCUT2D eigenvalue weighted by molar-refractivity contribution is 5.80. The molecule has 0 amide bonds. The number of hydrogen-bond donors (Lipinski definition) is 1. The molecule has 0 bridgehead atoms. The Morgan fingerprint density at radius 1 is 0.667 bits per heavy atom. The summed E-state index contributed by atoms with van der Waals surface area (Å²) < 4.78 is 5.17. The summed E-state index contributed by atoms with van der Waals surface area (Å²) in [6.45, 7) is 3.29. The van der Waals surface area contributed by atoms with E-state index in [2.05, 4.69) is 12.2 Å². The first-order chi connectivity index (χ1) is 14.8. The highest BCUT2D eigenvalue weighted by Gasteiger charge is 1.99. The van der Waals surface area contributed by atoms with Gasteiger partial charge >= 0.3 is 5.63 Å². The SMILES string of the molecule is CCCCCCCCCCCCCCCCCCNc1ccc2oc(=O)ccc2c1. The lowest BCUT2D eigenvalue weighted by molar-refractivity contribution is 0.530. The summed E-state index contributed by atoms with van der Waals surface area (Å²) >= 11 is 0. The molecule has 0 saturated heterocycles.